The van der Waals surface area contributed by atoms with Crippen LogP contribution in [0.4, 0.5) is 0 Å². The van der Waals surface area contributed by atoms with Crippen molar-refractivity contribution in [2.75, 3.05) is 7.11 Å². The summed E-state index contributed by atoms with van der Waals surface area (Å²) in [5, 5.41) is 0. The van der Waals surface area contributed by atoms with Gasteiger partial charge in [0, 0.05) is 11.1 Å². The van der Waals surface area contributed by atoms with Gasteiger partial charge < -0.3 is 4.74 Å². The Kier molecular flexibility index (Phi) is 3.69. The van der Waals surface area contributed by atoms with E-state index in [9.17, 15) is 4.79 Å². The molecule has 0 N–H and O–H groups in total. The molecule has 1 aromatic carbocycles. The third kappa shape index (κ3) is 1.79. The quantitative estimate of drug-likeness (QED) is 0.685. The summed E-state index contributed by atoms with van der Waals surface area (Å²) >= 11 is 0. The predicted octanol–water partition coefficient (Wildman–Crippen LogP) is 2.63. The molecule has 0 radical (unpaired) electrons. The fourth-order valence-corrected chi connectivity index (χ4v) is 1.70. The lowest BCUT2D eigenvalue weighted by Gasteiger charge is -2.12. The summed E-state index contributed by atoms with van der Waals surface area (Å²) in [6.45, 7) is 4.08. The summed E-state index contributed by atoms with van der Waals surface area (Å²) in [6, 6.07) is 3.90. The molecule has 0 saturated carbocycles. The van der Waals surface area contributed by atoms with Crippen molar-refractivity contribution in [2.24, 2.45) is 0 Å². The zero-order valence-corrected chi connectivity index (χ0v) is 8.96. The third-order valence-corrected chi connectivity index (χ3v) is 2.48. The second-order valence-corrected chi connectivity index (χ2v) is 3.14. The lowest BCUT2D eigenvalue weighted by atomic mass is 9.97. The molecule has 0 spiro atoms. The molecule has 0 aliphatic carbocycles. The summed E-state index contributed by atoms with van der Waals surface area (Å²) in [7, 11) is 1.63. The van der Waals surface area contributed by atoms with E-state index >= 15 is 0 Å². The first-order valence-electron chi connectivity index (χ1n) is 4.92. The average molecular weight is 192 g/mol. The molecule has 0 fully saturated rings. The van der Waals surface area contributed by atoms with Crippen LogP contribution >= 0.6 is 0 Å². The van der Waals surface area contributed by atoms with Gasteiger partial charge in [0.05, 0.1) is 7.11 Å². The fourth-order valence-electron chi connectivity index (χ4n) is 1.70. The van der Waals surface area contributed by atoms with Crippen LogP contribution in [-0.4, -0.2) is 13.4 Å². The minimum atomic E-state index is 0.800. The zero-order valence-electron chi connectivity index (χ0n) is 8.96. The SMILES string of the molecule is CCc1ccc(OC)c(CC)c1C=O. The van der Waals surface area contributed by atoms with E-state index in [1.807, 2.05) is 26.0 Å². The van der Waals surface area contributed by atoms with E-state index < -0.39 is 0 Å². The number of methoxy groups -OCH3 is 1. The molecule has 1 rings (SSSR count). The van der Waals surface area contributed by atoms with Gasteiger partial charge in [-0.2, -0.15) is 0 Å². The number of carbonyl (C=O) groups excluding carboxylic acids is 1. The van der Waals surface area contributed by atoms with Crippen LogP contribution < -0.4 is 4.74 Å². The molecule has 76 valence electrons. The van der Waals surface area contributed by atoms with Crippen molar-refractivity contribution in [1.29, 1.82) is 0 Å². The minimum absolute atomic E-state index is 0.800. The Morgan fingerprint density at radius 3 is 2.43 bits per heavy atom. The Labute approximate surface area is 84.9 Å². The molecule has 2 nitrogen and oxygen atoms in total. The van der Waals surface area contributed by atoms with Crippen LogP contribution in [-0.2, 0) is 12.8 Å². The Hall–Kier alpha value is -1.31. The summed E-state index contributed by atoms with van der Waals surface area (Å²) in [5.74, 6) is 0.812. The second-order valence-electron chi connectivity index (χ2n) is 3.14. The van der Waals surface area contributed by atoms with E-state index in [2.05, 4.69) is 0 Å². The molecule has 2 heteroatoms. The van der Waals surface area contributed by atoms with Crippen LogP contribution in [0.3, 0.4) is 0 Å². The van der Waals surface area contributed by atoms with Gasteiger partial charge in [-0.1, -0.05) is 19.9 Å². The first-order valence-corrected chi connectivity index (χ1v) is 4.92. The van der Waals surface area contributed by atoms with Gasteiger partial charge in [-0.25, -0.2) is 0 Å². The second kappa shape index (κ2) is 4.80. The predicted molar refractivity (Wildman–Crippen MR) is 57.1 cm³/mol. The van der Waals surface area contributed by atoms with Gasteiger partial charge in [-0.05, 0) is 24.5 Å². The van der Waals surface area contributed by atoms with Crippen LogP contribution in [0.15, 0.2) is 12.1 Å². The molecule has 0 aliphatic heterocycles. The summed E-state index contributed by atoms with van der Waals surface area (Å²) in [6.07, 6.45) is 2.64. The maximum absolute atomic E-state index is 11.0. The van der Waals surface area contributed by atoms with Gasteiger partial charge in [0.25, 0.3) is 0 Å². The molecule has 1 aromatic rings. The van der Waals surface area contributed by atoms with Gasteiger partial charge in [-0.3, -0.25) is 4.79 Å². The van der Waals surface area contributed by atoms with Crippen molar-refractivity contribution >= 4 is 6.29 Å². The van der Waals surface area contributed by atoms with E-state index in [-0.39, 0.29) is 0 Å². The van der Waals surface area contributed by atoms with E-state index in [0.29, 0.717) is 0 Å². The van der Waals surface area contributed by atoms with Crippen LogP contribution in [0.1, 0.15) is 35.3 Å². The van der Waals surface area contributed by atoms with Crippen LogP contribution in [0.2, 0.25) is 0 Å². The van der Waals surface area contributed by atoms with Crippen molar-refractivity contribution in [3.05, 3.63) is 28.8 Å². The Morgan fingerprint density at radius 1 is 1.29 bits per heavy atom. The van der Waals surface area contributed by atoms with Gasteiger partial charge in [0.1, 0.15) is 5.75 Å². The van der Waals surface area contributed by atoms with Crippen LogP contribution in [0.25, 0.3) is 0 Å². The molecule has 0 heterocycles. The Morgan fingerprint density at radius 2 is 2.00 bits per heavy atom. The Bertz CT molecular complexity index is 329. The topological polar surface area (TPSA) is 26.3 Å². The largest absolute Gasteiger partial charge is 0.496 e. The number of rotatable bonds is 4. The highest BCUT2D eigenvalue weighted by molar-refractivity contribution is 5.81. The van der Waals surface area contributed by atoms with Crippen LogP contribution in [0, 0.1) is 0 Å². The highest BCUT2D eigenvalue weighted by Gasteiger charge is 2.10. The van der Waals surface area contributed by atoms with Gasteiger partial charge in [0.15, 0.2) is 6.29 Å². The minimum Gasteiger partial charge on any atom is -0.496 e. The van der Waals surface area contributed by atoms with Crippen molar-refractivity contribution < 1.29 is 9.53 Å². The number of hydrogen-bond donors (Lipinski definition) is 0. The standard InChI is InChI=1S/C12H16O2/c1-4-9-6-7-12(14-3)10(5-2)11(9)8-13/h6-8H,4-5H2,1-3H3. The maximum Gasteiger partial charge on any atom is 0.150 e. The van der Waals surface area contributed by atoms with E-state index in [0.717, 1.165) is 41.6 Å². The first kappa shape index (κ1) is 10.8. The molecular formula is C12H16O2. The summed E-state index contributed by atoms with van der Waals surface area (Å²) in [4.78, 5) is 11.0. The molecule has 0 atom stereocenters. The lowest BCUT2D eigenvalue weighted by molar-refractivity contribution is 0.112. The molecule has 14 heavy (non-hydrogen) atoms. The monoisotopic (exact) mass is 192 g/mol. The summed E-state index contributed by atoms with van der Waals surface area (Å²) < 4.78 is 5.22. The van der Waals surface area contributed by atoms with E-state index in [1.54, 1.807) is 7.11 Å². The molecule has 0 aromatic heterocycles. The summed E-state index contributed by atoms with van der Waals surface area (Å²) in [5.41, 5.74) is 2.91. The highest BCUT2D eigenvalue weighted by atomic mass is 16.5. The molecule has 0 amide bonds. The van der Waals surface area contributed by atoms with Gasteiger partial charge in [-0.15, -0.1) is 0 Å². The van der Waals surface area contributed by atoms with E-state index in [1.165, 1.54) is 0 Å². The van der Waals surface area contributed by atoms with E-state index in [4.69, 9.17) is 4.74 Å². The smallest absolute Gasteiger partial charge is 0.150 e. The molecule has 0 unspecified atom stereocenters. The highest BCUT2D eigenvalue weighted by Crippen LogP contribution is 2.25. The van der Waals surface area contributed by atoms with Crippen LogP contribution in [0.5, 0.6) is 5.75 Å². The van der Waals surface area contributed by atoms with Crippen molar-refractivity contribution in [3.63, 3.8) is 0 Å². The number of aldehydes is 1. The maximum atomic E-state index is 11.0. The fraction of sp³-hybridized carbons (Fsp3) is 0.417. The number of ether oxygens (including phenoxy) is 1. The normalized spacial score (nSPS) is 9.93. The van der Waals surface area contributed by atoms with Crippen molar-refractivity contribution in [3.8, 4) is 5.75 Å². The zero-order chi connectivity index (χ0) is 10.6. The lowest BCUT2D eigenvalue weighted by Crippen LogP contribution is -2.00. The van der Waals surface area contributed by atoms with Crippen molar-refractivity contribution in [1.82, 2.24) is 0 Å². The molecule has 0 saturated heterocycles. The first-order chi connectivity index (χ1) is 6.78. The molecule has 0 bridgehead atoms. The number of hydrogen-bond acceptors (Lipinski definition) is 2. The third-order valence-electron chi connectivity index (χ3n) is 2.48. The molecular weight excluding hydrogens is 176 g/mol. The average Bonchev–Trinajstić information content (AvgIpc) is 2.26. The molecule has 0 aliphatic rings. The number of benzene rings is 1. The van der Waals surface area contributed by atoms with Gasteiger partial charge >= 0.3 is 0 Å². The number of aryl methyl sites for hydroxylation is 1. The number of carbonyl (C=O) groups is 1. The Balaban J connectivity index is 3.35. The van der Waals surface area contributed by atoms with Crippen molar-refractivity contribution in [2.45, 2.75) is 26.7 Å². The van der Waals surface area contributed by atoms with Gasteiger partial charge in [0.2, 0.25) is 0 Å².